The van der Waals surface area contributed by atoms with E-state index in [-0.39, 0.29) is 5.56 Å². The molecular weight excluding hydrogens is 428 g/mol. The van der Waals surface area contributed by atoms with Crippen molar-refractivity contribution in [3.05, 3.63) is 80.1 Å². The van der Waals surface area contributed by atoms with Crippen LogP contribution in [0.3, 0.4) is 0 Å². The number of nitrogens with one attached hydrogen (secondary N) is 1. The van der Waals surface area contributed by atoms with E-state index in [4.69, 9.17) is 0 Å². The Morgan fingerprint density at radius 1 is 1.26 bits per heavy atom. The number of carbonyl (C=O) groups excluding carboxylic acids is 1. The normalized spacial score (nSPS) is 10.9. The van der Waals surface area contributed by atoms with Crippen molar-refractivity contribution in [2.75, 3.05) is 5.32 Å². The number of aromatic nitrogens is 3. The van der Waals surface area contributed by atoms with Crippen molar-refractivity contribution in [1.82, 2.24) is 14.4 Å². The van der Waals surface area contributed by atoms with Crippen molar-refractivity contribution in [1.29, 1.82) is 0 Å². The summed E-state index contributed by atoms with van der Waals surface area (Å²) in [6.45, 7) is 1.91. The van der Waals surface area contributed by atoms with Crippen LogP contribution in [0.1, 0.15) is 15.9 Å². The number of hydrogen-bond donors (Lipinski definition) is 1. The third-order valence-corrected chi connectivity index (χ3v) is 5.21. The molecule has 3 aromatic heterocycles. The van der Waals surface area contributed by atoms with Crippen LogP contribution in [0, 0.1) is 6.92 Å². The molecule has 134 valence electrons. The molecule has 0 aliphatic heterocycles. The van der Waals surface area contributed by atoms with Gasteiger partial charge in [-0.1, -0.05) is 28.1 Å². The van der Waals surface area contributed by atoms with Gasteiger partial charge >= 0.3 is 0 Å². The van der Waals surface area contributed by atoms with Crippen molar-refractivity contribution in [2.24, 2.45) is 0 Å². The molecule has 0 unspecified atom stereocenters. The first-order valence-corrected chi connectivity index (χ1v) is 9.69. The third kappa shape index (κ3) is 3.54. The number of halogens is 1. The number of aryl methyl sites for hydroxylation is 1. The fourth-order valence-electron chi connectivity index (χ4n) is 2.61. The second kappa shape index (κ2) is 7.05. The Morgan fingerprint density at radius 2 is 2.11 bits per heavy atom. The molecule has 6 nitrogen and oxygen atoms in total. The molecule has 3 heterocycles. The predicted octanol–water partition coefficient (Wildman–Crippen LogP) is 4.14. The zero-order valence-corrected chi connectivity index (χ0v) is 16.5. The molecule has 8 heteroatoms. The van der Waals surface area contributed by atoms with Gasteiger partial charge in [0, 0.05) is 27.8 Å². The molecule has 0 spiro atoms. The van der Waals surface area contributed by atoms with E-state index in [0.717, 1.165) is 21.3 Å². The second-order valence-electron chi connectivity index (χ2n) is 5.91. The lowest BCUT2D eigenvalue weighted by atomic mass is 10.2. The molecule has 1 N–H and O–H groups in total. The topological polar surface area (TPSA) is 76.4 Å². The van der Waals surface area contributed by atoms with E-state index in [0.29, 0.717) is 10.8 Å². The van der Waals surface area contributed by atoms with Gasteiger partial charge in [0.1, 0.15) is 11.2 Å². The smallest absolute Gasteiger partial charge is 0.270 e. The Hall–Kier alpha value is -2.84. The van der Waals surface area contributed by atoms with Crippen LogP contribution in [0.15, 0.2) is 63.4 Å². The molecule has 0 saturated carbocycles. The number of nitrogens with zero attached hydrogens (tertiary/aromatic N) is 3. The largest absolute Gasteiger partial charge is 0.298 e. The molecule has 0 aliphatic rings. The standard InChI is InChI=1S/C19H13BrN4O2S/c1-11-5-6-24-16(7-11)21-9-14(18(24)26)17(25)23-19-22-15(10-27-19)12-3-2-4-13(20)8-12/h2-10H,1H3,(H,22,23,25). The first-order valence-electron chi connectivity index (χ1n) is 8.02. The van der Waals surface area contributed by atoms with Crippen LogP contribution in [0.4, 0.5) is 5.13 Å². The molecule has 0 radical (unpaired) electrons. The number of rotatable bonds is 3. The molecule has 4 rings (SSSR count). The van der Waals surface area contributed by atoms with Crippen LogP contribution in [0.5, 0.6) is 0 Å². The van der Waals surface area contributed by atoms with Gasteiger partial charge in [0.2, 0.25) is 0 Å². The lowest BCUT2D eigenvalue weighted by Crippen LogP contribution is -2.26. The van der Waals surface area contributed by atoms with Crippen molar-refractivity contribution in [3.63, 3.8) is 0 Å². The summed E-state index contributed by atoms with van der Waals surface area (Å²) in [5.74, 6) is -0.530. The van der Waals surface area contributed by atoms with Crippen LogP contribution in [0.25, 0.3) is 16.9 Å². The van der Waals surface area contributed by atoms with Gasteiger partial charge in [-0.25, -0.2) is 9.97 Å². The van der Waals surface area contributed by atoms with Gasteiger partial charge < -0.3 is 0 Å². The molecule has 1 amide bonds. The maximum absolute atomic E-state index is 12.6. The van der Waals surface area contributed by atoms with Gasteiger partial charge in [0.15, 0.2) is 5.13 Å². The number of pyridine rings is 1. The van der Waals surface area contributed by atoms with Crippen molar-refractivity contribution in [3.8, 4) is 11.3 Å². The lowest BCUT2D eigenvalue weighted by molar-refractivity contribution is 0.102. The molecule has 4 aromatic rings. The quantitative estimate of drug-likeness (QED) is 0.519. The first-order chi connectivity index (χ1) is 13.0. The Labute approximate surface area is 166 Å². The monoisotopic (exact) mass is 440 g/mol. The van der Waals surface area contributed by atoms with E-state index in [2.05, 4.69) is 31.2 Å². The van der Waals surface area contributed by atoms with Crippen molar-refractivity contribution in [2.45, 2.75) is 6.92 Å². The Kier molecular flexibility index (Phi) is 4.59. The number of thiazole rings is 1. The summed E-state index contributed by atoms with van der Waals surface area (Å²) in [6.07, 6.45) is 2.92. The van der Waals surface area contributed by atoms with E-state index >= 15 is 0 Å². The number of carbonyl (C=O) groups is 1. The average Bonchev–Trinajstić information content (AvgIpc) is 3.10. The second-order valence-corrected chi connectivity index (χ2v) is 7.69. The summed E-state index contributed by atoms with van der Waals surface area (Å²) >= 11 is 4.73. The van der Waals surface area contributed by atoms with Crippen molar-refractivity contribution < 1.29 is 4.79 Å². The predicted molar refractivity (Wildman–Crippen MR) is 109 cm³/mol. The zero-order valence-electron chi connectivity index (χ0n) is 14.1. The molecule has 0 saturated heterocycles. The molecule has 0 fully saturated rings. The minimum absolute atomic E-state index is 0.0319. The van der Waals surface area contributed by atoms with E-state index in [1.807, 2.05) is 36.6 Å². The van der Waals surface area contributed by atoms with Crippen LogP contribution < -0.4 is 10.9 Å². The highest BCUT2D eigenvalue weighted by molar-refractivity contribution is 9.10. The molecule has 0 aliphatic carbocycles. The lowest BCUT2D eigenvalue weighted by Gasteiger charge is -2.04. The highest BCUT2D eigenvalue weighted by Crippen LogP contribution is 2.27. The summed E-state index contributed by atoms with van der Waals surface area (Å²) in [4.78, 5) is 33.8. The number of hydrogen-bond acceptors (Lipinski definition) is 5. The summed E-state index contributed by atoms with van der Waals surface area (Å²) in [5, 5.41) is 4.96. The van der Waals surface area contributed by atoms with E-state index < -0.39 is 11.5 Å². The minimum atomic E-state index is -0.530. The van der Waals surface area contributed by atoms with Crippen LogP contribution in [0.2, 0.25) is 0 Å². The molecule has 1 aromatic carbocycles. The Balaban J connectivity index is 1.61. The molecule has 27 heavy (non-hydrogen) atoms. The van der Waals surface area contributed by atoms with Gasteiger partial charge in [-0.15, -0.1) is 11.3 Å². The van der Waals surface area contributed by atoms with Crippen LogP contribution in [-0.4, -0.2) is 20.3 Å². The van der Waals surface area contributed by atoms with Crippen molar-refractivity contribution >= 4 is 44.0 Å². The number of benzene rings is 1. The van der Waals surface area contributed by atoms with Gasteiger partial charge in [-0.3, -0.25) is 19.3 Å². The highest BCUT2D eigenvalue weighted by Gasteiger charge is 2.15. The summed E-state index contributed by atoms with van der Waals surface area (Å²) in [5.41, 5.74) is 2.73. The Bertz CT molecular complexity index is 1230. The van der Waals surface area contributed by atoms with Gasteiger partial charge in [-0.2, -0.15) is 0 Å². The fourth-order valence-corrected chi connectivity index (χ4v) is 3.72. The SMILES string of the molecule is Cc1ccn2c(=O)c(C(=O)Nc3nc(-c4cccc(Br)c4)cs3)cnc2c1. The average molecular weight is 441 g/mol. The van der Waals surface area contributed by atoms with Crippen LogP contribution >= 0.6 is 27.3 Å². The maximum atomic E-state index is 12.6. The van der Waals surface area contributed by atoms with Crippen LogP contribution in [-0.2, 0) is 0 Å². The maximum Gasteiger partial charge on any atom is 0.270 e. The van der Waals surface area contributed by atoms with E-state index in [9.17, 15) is 9.59 Å². The van der Waals surface area contributed by atoms with E-state index in [1.165, 1.54) is 21.9 Å². The zero-order chi connectivity index (χ0) is 19.0. The fraction of sp³-hybridized carbons (Fsp3) is 0.0526. The first kappa shape index (κ1) is 17.6. The number of amides is 1. The highest BCUT2D eigenvalue weighted by atomic mass is 79.9. The van der Waals surface area contributed by atoms with Gasteiger partial charge in [-0.05, 0) is 36.8 Å². The molecule has 0 atom stereocenters. The summed E-state index contributed by atoms with van der Waals surface area (Å²) in [7, 11) is 0. The minimum Gasteiger partial charge on any atom is -0.298 e. The number of anilines is 1. The van der Waals surface area contributed by atoms with E-state index in [1.54, 1.807) is 18.3 Å². The number of fused-ring (bicyclic) bond motifs is 1. The van der Waals surface area contributed by atoms with Gasteiger partial charge in [0.05, 0.1) is 5.69 Å². The summed E-state index contributed by atoms with van der Waals surface area (Å²) in [6, 6.07) is 11.3. The van der Waals surface area contributed by atoms with Gasteiger partial charge in [0.25, 0.3) is 11.5 Å². The third-order valence-electron chi connectivity index (χ3n) is 3.95. The summed E-state index contributed by atoms with van der Waals surface area (Å²) < 4.78 is 2.31. The molecule has 0 bridgehead atoms. The Morgan fingerprint density at radius 3 is 2.93 bits per heavy atom. The molecular formula is C19H13BrN4O2S.